The Labute approximate surface area is 129 Å². The Hall–Kier alpha value is -1.32. The van der Waals surface area contributed by atoms with Crippen molar-refractivity contribution in [3.63, 3.8) is 0 Å². The highest BCUT2D eigenvalue weighted by Gasteiger charge is 2.63. The third kappa shape index (κ3) is 3.53. The quantitative estimate of drug-likeness (QED) is 0.843. The number of hydrogen-bond donors (Lipinski definition) is 2. The second kappa shape index (κ2) is 5.39. The molecule has 3 N–H and O–H groups in total. The first-order valence-corrected chi connectivity index (χ1v) is 7.99. The van der Waals surface area contributed by atoms with E-state index in [-0.39, 0.29) is 11.3 Å². The van der Waals surface area contributed by atoms with Gasteiger partial charge in [0.2, 0.25) is 15.9 Å². The number of carbonyl (C=O) groups excluding carboxylic acids is 1. The maximum atomic E-state index is 12.4. The summed E-state index contributed by atoms with van der Waals surface area (Å²) in [4.78, 5) is 11.2. The fourth-order valence-corrected chi connectivity index (χ4v) is 3.81. The van der Waals surface area contributed by atoms with Gasteiger partial charge in [0.15, 0.2) is 0 Å². The van der Waals surface area contributed by atoms with Crippen LogP contribution < -0.4 is 10.5 Å². The lowest BCUT2D eigenvalue weighted by molar-refractivity contribution is -0.140. The third-order valence-corrected chi connectivity index (χ3v) is 5.24. The molecule has 1 aromatic rings. The summed E-state index contributed by atoms with van der Waals surface area (Å²) in [6.07, 6.45) is -6.07. The molecular formula is C12H12ClF3N2O3S. The summed E-state index contributed by atoms with van der Waals surface area (Å²) in [5.74, 6) is -2.33. The highest BCUT2D eigenvalue weighted by molar-refractivity contribution is 7.89. The number of carbonyl (C=O) groups is 1. The zero-order chi connectivity index (χ0) is 16.8. The van der Waals surface area contributed by atoms with Crippen molar-refractivity contribution in [2.24, 2.45) is 11.7 Å². The van der Waals surface area contributed by atoms with E-state index < -0.39 is 40.0 Å². The second-order valence-electron chi connectivity index (χ2n) is 5.12. The van der Waals surface area contributed by atoms with Gasteiger partial charge in [0, 0.05) is 11.4 Å². The molecule has 1 unspecified atom stereocenters. The van der Waals surface area contributed by atoms with Crippen molar-refractivity contribution in [3.05, 3.63) is 29.3 Å². The van der Waals surface area contributed by atoms with Crippen molar-refractivity contribution in [3.8, 4) is 0 Å². The smallest absolute Gasteiger partial charge is 0.368 e. The monoisotopic (exact) mass is 356 g/mol. The largest absolute Gasteiger partial charge is 0.389 e. The number of hydrogen-bond acceptors (Lipinski definition) is 3. The number of primary amides is 1. The molecule has 5 nitrogen and oxygen atoms in total. The molecule has 1 aliphatic carbocycles. The topological polar surface area (TPSA) is 89.3 Å². The van der Waals surface area contributed by atoms with E-state index >= 15 is 0 Å². The lowest BCUT2D eigenvalue weighted by Gasteiger charge is -2.17. The fourth-order valence-electron chi connectivity index (χ4n) is 2.25. The molecular weight excluding hydrogens is 345 g/mol. The molecule has 1 fully saturated rings. The second-order valence-corrected chi connectivity index (χ2v) is 7.23. The first kappa shape index (κ1) is 17.0. The molecule has 1 aliphatic rings. The van der Waals surface area contributed by atoms with E-state index in [4.69, 9.17) is 17.3 Å². The number of benzene rings is 1. The summed E-state index contributed by atoms with van der Waals surface area (Å²) in [7, 11) is -4.18. The molecule has 1 aromatic carbocycles. The van der Waals surface area contributed by atoms with Crippen LogP contribution in [0.3, 0.4) is 0 Å². The summed E-state index contributed by atoms with van der Waals surface area (Å²) in [6, 6.07) is 4.99. The van der Waals surface area contributed by atoms with Crippen molar-refractivity contribution in [2.75, 3.05) is 0 Å². The SMILES string of the molecule is NC(=O)C1(NS(=O)(=O)c2ccc(Cl)cc2)C[C@@H]1CC(F)(F)F. The van der Waals surface area contributed by atoms with Gasteiger partial charge in [-0.3, -0.25) is 4.79 Å². The van der Waals surface area contributed by atoms with Crippen molar-refractivity contribution >= 4 is 27.5 Å². The molecule has 0 heterocycles. The van der Waals surface area contributed by atoms with Crippen LogP contribution in [-0.4, -0.2) is 26.0 Å². The maximum absolute atomic E-state index is 12.4. The summed E-state index contributed by atoms with van der Waals surface area (Å²) >= 11 is 5.64. The van der Waals surface area contributed by atoms with E-state index in [1.165, 1.54) is 24.3 Å². The van der Waals surface area contributed by atoms with Crippen LogP contribution in [0, 0.1) is 5.92 Å². The van der Waals surface area contributed by atoms with Crippen LogP contribution in [0.5, 0.6) is 0 Å². The van der Waals surface area contributed by atoms with Crippen molar-refractivity contribution in [1.29, 1.82) is 0 Å². The van der Waals surface area contributed by atoms with Gasteiger partial charge in [-0.25, -0.2) is 8.42 Å². The van der Waals surface area contributed by atoms with Crippen molar-refractivity contribution in [1.82, 2.24) is 4.72 Å². The number of rotatable bonds is 5. The third-order valence-electron chi connectivity index (χ3n) is 3.46. The first-order chi connectivity index (χ1) is 9.96. The van der Waals surface area contributed by atoms with Crippen LogP contribution in [0.25, 0.3) is 0 Å². The molecule has 0 radical (unpaired) electrons. The van der Waals surface area contributed by atoms with E-state index in [2.05, 4.69) is 0 Å². The number of halogens is 4. The Bertz CT molecular complexity index is 691. The zero-order valence-corrected chi connectivity index (χ0v) is 12.6. The number of nitrogens with one attached hydrogen (secondary N) is 1. The summed E-state index contributed by atoms with van der Waals surface area (Å²) in [6.45, 7) is 0. The zero-order valence-electron chi connectivity index (χ0n) is 11.0. The van der Waals surface area contributed by atoms with Gasteiger partial charge in [-0.1, -0.05) is 11.6 Å². The molecule has 2 atom stereocenters. The summed E-state index contributed by atoms with van der Waals surface area (Å²) in [5.41, 5.74) is 3.20. The molecule has 0 aliphatic heterocycles. The Kier molecular flexibility index (Phi) is 4.18. The number of alkyl halides is 3. The summed E-state index contributed by atoms with van der Waals surface area (Å²) in [5, 5.41) is 0.296. The van der Waals surface area contributed by atoms with Gasteiger partial charge in [-0.15, -0.1) is 0 Å². The number of sulfonamides is 1. The Morgan fingerprint density at radius 3 is 2.36 bits per heavy atom. The Balaban J connectivity index is 2.23. The summed E-state index contributed by atoms with van der Waals surface area (Å²) < 4.78 is 63.6. The number of amides is 1. The van der Waals surface area contributed by atoms with E-state index in [1.807, 2.05) is 4.72 Å². The van der Waals surface area contributed by atoms with Gasteiger partial charge in [-0.05, 0) is 36.6 Å². The van der Waals surface area contributed by atoms with Crippen LogP contribution in [0.4, 0.5) is 13.2 Å². The van der Waals surface area contributed by atoms with Crippen LogP contribution in [0.2, 0.25) is 5.02 Å². The molecule has 0 bridgehead atoms. The minimum Gasteiger partial charge on any atom is -0.368 e. The van der Waals surface area contributed by atoms with Crippen LogP contribution >= 0.6 is 11.6 Å². The minimum absolute atomic E-state index is 0.213. The standard InChI is InChI=1S/C12H12ClF3N2O3S/c13-8-1-3-9(4-2-8)22(20,21)18-11(10(17)19)5-7(11)6-12(14,15)16/h1-4,7,18H,5-6H2,(H2,17,19)/t7-,11?/m1/s1. The first-order valence-electron chi connectivity index (χ1n) is 6.12. The normalized spacial score (nSPS) is 25.0. The molecule has 0 saturated heterocycles. The molecule has 122 valence electrons. The van der Waals surface area contributed by atoms with Crippen molar-refractivity contribution < 1.29 is 26.4 Å². The van der Waals surface area contributed by atoms with E-state index in [0.29, 0.717) is 5.02 Å². The van der Waals surface area contributed by atoms with E-state index in [0.717, 1.165) is 0 Å². The highest BCUT2D eigenvalue weighted by atomic mass is 35.5. The van der Waals surface area contributed by atoms with E-state index in [1.54, 1.807) is 0 Å². The van der Waals surface area contributed by atoms with Gasteiger partial charge < -0.3 is 5.73 Å². The fraction of sp³-hybridized carbons (Fsp3) is 0.417. The molecule has 1 amide bonds. The van der Waals surface area contributed by atoms with Crippen LogP contribution in [0.15, 0.2) is 29.2 Å². The molecule has 1 saturated carbocycles. The lowest BCUT2D eigenvalue weighted by Crippen LogP contribution is -2.48. The molecule has 0 spiro atoms. The minimum atomic E-state index is -4.51. The van der Waals surface area contributed by atoms with Gasteiger partial charge in [0.25, 0.3) is 0 Å². The molecule has 22 heavy (non-hydrogen) atoms. The van der Waals surface area contributed by atoms with Gasteiger partial charge in [0.1, 0.15) is 5.54 Å². The predicted molar refractivity (Wildman–Crippen MR) is 72.5 cm³/mol. The van der Waals surface area contributed by atoms with Crippen molar-refractivity contribution in [2.45, 2.75) is 29.5 Å². The lowest BCUT2D eigenvalue weighted by atomic mass is 10.1. The Morgan fingerprint density at radius 2 is 1.91 bits per heavy atom. The van der Waals surface area contributed by atoms with E-state index in [9.17, 15) is 26.4 Å². The van der Waals surface area contributed by atoms with Gasteiger partial charge in [-0.2, -0.15) is 17.9 Å². The Morgan fingerprint density at radius 1 is 1.36 bits per heavy atom. The van der Waals surface area contributed by atoms with Crippen LogP contribution in [0.1, 0.15) is 12.8 Å². The van der Waals surface area contributed by atoms with Gasteiger partial charge in [0.05, 0.1) is 4.90 Å². The molecule has 10 heteroatoms. The predicted octanol–water partition coefficient (Wildman–Crippen LogP) is 1.81. The van der Waals surface area contributed by atoms with Crippen LogP contribution in [-0.2, 0) is 14.8 Å². The molecule has 2 rings (SSSR count). The van der Waals surface area contributed by atoms with Gasteiger partial charge >= 0.3 is 6.18 Å². The molecule has 0 aromatic heterocycles. The number of nitrogens with two attached hydrogens (primary N) is 1. The average molecular weight is 357 g/mol. The maximum Gasteiger partial charge on any atom is 0.389 e. The highest BCUT2D eigenvalue weighted by Crippen LogP contribution is 2.50. The average Bonchev–Trinajstić information content (AvgIpc) is 3.00.